The third kappa shape index (κ3) is 3.46. The topological polar surface area (TPSA) is 53.0 Å². The van der Waals surface area contributed by atoms with Crippen LogP contribution in [0.4, 0.5) is 0 Å². The van der Waals surface area contributed by atoms with Gasteiger partial charge in [-0.05, 0) is 46.3 Å². The van der Waals surface area contributed by atoms with Crippen molar-refractivity contribution >= 4 is 5.97 Å². The first kappa shape index (κ1) is 14.8. The third-order valence-electron chi connectivity index (χ3n) is 4.51. The van der Waals surface area contributed by atoms with Crippen LogP contribution >= 0.6 is 0 Å². The molecule has 19 heavy (non-hydrogen) atoms. The van der Waals surface area contributed by atoms with Crippen LogP contribution in [0.5, 0.6) is 0 Å². The predicted molar refractivity (Wildman–Crippen MR) is 73.3 cm³/mol. The number of nitrogens with zero attached hydrogens (tertiary/aromatic N) is 2. The molecule has 2 aliphatic heterocycles. The van der Waals surface area contributed by atoms with E-state index in [0.29, 0.717) is 25.8 Å². The molecule has 0 aromatic carbocycles. The van der Waals surface area contributed by atoms with Gasteiger partial charge in [0.1, 0.15) is 5.41 Å². The Morgan fingerprint density at radius 2 is 2.26 bits per heavy atom. The number of ether oxygens (including phenoxy) is 1. The second-order valence-electron chi connectivity index (χ2n) is 6.24. The van der Waals surface area contributed by atoms with Crippen molar-refractivity contribution in [2.45, 2.75) is 31.7 Å². The van der Waals surface area contributed by atoms with Crippen molar-refractivity contribution < 1.29 is 14.6 Å². The first-order valence-corrected chi connectivity index (χ1v) is 7.23. The Bertz CT molecular complexity index is 314. The van der Waals surface area contributed by atoms with Gasteiger partial charge < -0.3 is 19.6 Å². The van der Waals surface area contributed by atoms with Crippen LogP contribution in [0.1, 0.15) is 25.7 Å². The van der Waals surface area contributed by atoms with Crippen LogP contribution in [0, 0.1) is 5.41 Å². The van der Waals surface area contributed by atoms with Gasteiger partial charge in [-0.2, -0.15) is 0 Å². The van der Waals surface area contributed by atoms with Crippen molar-refractivity contribution in [3.8, 4) is 0 Å². The summed E-state index contributed by atoms with van der Waals surface area (Å²) in [5.74, 6) is -0.695. The summed E-state index contributed by atoms with van der Waals surface area (Å²) in [7, 11) is 4.20. The zero-order valence-electron chi connectivity index (χ0n) is 12.1. The molecule has 0 aromatic rings. The molecular formula is C14H26N2O3. The van der Waals surface area contributed by atoms with E-state index in [0.717, 1.165) is 32.4 Å². The van der Waals surface area contributed by atoms with E-state index >= 15 is 0 Å². The van der Waals surface area contributed by atoms with E-state index in [9.17, 15) is 9.90 Å². The fraction of sp³-hybridized carbons (Fsp3) is 0.929. The van der Waals surface area contributed by atoms with Crippen LogP contribution in [0.15, 0.2) is 0 Å². The second-order valence-corrected chi connectivity index (χ2v) is 6.24. The molecule has 2 rings (SSSR count). The number of carboxylic acid groups (broad SMARTS) is 1. The van der Waals surface area contributed by atoms with Gasteiger partial charge in [-0.1, -0.05) is 0 Å². The molecule has 2 heterocycles. The summed E-state index contributed by atoms with van der Waals surface area (Å²) in [6.45, 7) is 3.69. The summed E-state index contributed by atoms with van der Waals surface area (Å²) in [5.41, 5.74) is -0.688. The maximum Gasteiger partial charge on any atom is 0.313 e. The lowest BCUT2D eigenvalue weighted by atomic mass is 9.81. The Morgan fingerprint density at radius 3 is 2.84 bits per heavy atom. The molecule has 2 unspecified atom stereocenters. The minimum Gasteiger partial charge on any atom is -0.481 e. The maximum atomic E-state index is 11.6. The lowest BCUT2D eigenvalue weighted by Gasteiger charge is -2.42. The van der Waals surface area contributed by atoms with Crippen molar-refractivity contribution in [3.63, 3.8) is 0 Å². The van der Waals surface area contributed by atoms with Gasteiger partial charge in [0, 0.05) is 25.7 Å². The molecule has 0 spiro atoms. The molecule has 0 radical (unpaired) electrons. The van der Waals surface area contributed by atoms with Gasteiger partial charge in [0.05, 0.1) is 6.61 Å². The number of hydrogen-bond acceptors (Lipinski definition) is 4. The van der Waals surface area contributed by atoms with Crippen LogP contribution in [0.2, 0.25) is 0 Å². The minimum absolute atomic E-state index is 0.367. The number of likely N-dealkylation sites (tertiary alicyclic amines) is 1. The summed E-state index contributed by atoms with van der Waals surface area (Å²) in [6, 6.07) is 0.545. The molecule has 0 aromatic heterocycles. The highest BCUT2D eigenvalue weighted by Gasteiger charge is 2.42. The number of rotatable bonds is 4. The van der Waals surface area contributed by atoms with Crippen molar-refractivity contribution in [1.29, 1.82) is 0 Å². The molecule has 0 saturated carbocycles. The fourth-order valence-electron chi connectivity index (χ4n) is 3.24. The molecule has 2 saturated heterocycles. The predicted octanol–water partition coefficient (Wildman–Crippen LogP) is 0.894. The van der Waals surface area contributed by atoms with Gasteiger partial charge >= 0.3 is 5.97 Å². The summed E-state index contributed by atoms with van der Waals surface area (Å²) >= 11 is 0. The Morgan fingerprint density at radius 1 is 1.47 bits per heavy atom. The van der Waals surface area contributed by atoms with E-state index < -0.39 is 11.4 Å². The molecule has 5 heteroatoms. The zero-order chi connectivity index (χ0) is 13.9. The summed E-state index contributed by atoms with van der Waals surface area (Å²) in [5, 5.41) is 9.58. The Hall–Kier alpha value is -0.650. The molecule has 2 fully saturated rings. The second kappa shape index (κ2) is 6.20. The van der Waals surface area contributed by atoms with Crippen molar-refractivity contribution in [1.82, 2.24) is 9.80 Å². The summed E-state index contributed by atoms with van der Waals surface area (Å²) in [4.78, 5) is 16.2. The average molecular weight is 270 g/mol. The monoisotopic (exact) mass is 270 g/mol. The van der Waals surface area contributed by atoms with Crippen LogP contribution < -0.4 is 0 Å². The molecule has 0 amide bonds. The number of hydrogen-bond donors (Lipinski definition) is 1. The zero-order valence-corrected chi connectivity index (χ0v) is 12.1. The van der Waals surface area contributed by atoms with Crippen LogP contribution in [-0.4, -0.2) is 73.9 Å². The van der Waals surface area contributed by atoms with E-state index in [1.807, 2.05) is 0 Å². The number of piperidine rings is 1. The summed E-state index contributed by atoms with van der Waals surface area (Å²) < 4.78 is 5.44. The van der Waals surface area contributed by atoms with Gasteiger partial charge in [0.25, 0.3) is 0 Å². The standard InChI is InChI=1S/C14H26N2O3/c1-15(2)12-5-3-7-16(9-12)10-14(13(17)18)6-4-8-19-11-14/h12H,3-11H2,1-2H3,(H,17,18). The fourth-order valence-corrected chi connectivity index (χ4v) is 3.24. The number of likely N-dealkylation sites (N-methyl/N-ethyl adjacent to an activating group) is 1. The minimum atomic E-state index is -0.695. The molecule has 5 nitrogen and oxygen atoms in total. The molecule has 2 atom stereocenters. The Kier molecular flexibility index (Phi) is 4.81. The van der Waals surface area contributed by atoms with Crippen LogP contribution in [-0.2, 0) is 9.53 Å². The highest BCUT2D eigenvalue weighted by molar-refractivity contribution is 5.75. The van der Waals surface area contributed by atoms with Crippen LogP contribution in [0.25, 0.3) is 0 Å². The average Bonchev–Trinajstić information content (AvgIpc) is 2.40. The number of aliphatic carboxylic acids is 1. The van der Waals surface area contributed by atoms with Gasteiger partial charge in [0.15, 0.2) is 0 Å². The Balaban J connectivity index is 1.99. The van der Waals surface area contributed by atoms with E-state index in [1.165, 1.54) is 6.42 Å². The molecule has 1 N–H and O–H groups in total. The van der Waals surface area contributed by atoms with Crippen LogP contribution in [0.3, 0.4) is 0 Å². The lowest BCUT2D eigenvalue weighted by Crippen LogP contribution is -2.53. The van der Waals surface area contributed by atoms with E-state index in [-0.39, 0.29) is 0 Å². The van der Waals surface area contributed by atoms with Gasteiger partial charge in [-0.25, -0.2) is 0 Å². The first-order chi connectivity index (χ1) is 9.03. The molecule has 0 bridgehead atoms. The SMILES string of the molecule is CN(C)C1CCCN(CC2(C(=O)O)CCCOC2)C1. The molecule has 0 aliphatic carbocycles. The maximum absolute atomic E-state index is 11.6. The van der Waals surface area contributed by atoms with Crippen molar-refractivity contribution in [2.75, 3.05) is 46.9 Å². The van der Waals surface area contributed by atoms with Gasteiger partial charge in [-0.15, -0.1) is 0 Å². The van der Waals surface area contributed by atoms with Gasteiger partial charge in [-0.3, -0.25) is 4.79 Å². The first-order valence-electron chi connectivity index (χ1n) is 7.23. The van der Waals surface area contributed by atoms with E-state index in [2.05, 4.69) is 23.9 Å². The highest BCUT2D eigenvalue weighted by atomic mass is 16.5. The molecule has 2 aliphatic rings. The molecule has 110 valence electrons. The van der Waals surface area contributed by atoms with Crippen molar-refractivity contribution in [2.24, 2.45) is 5.41 Å². The number of carboxylic acids is 1. The normalized spacial score (nSPS) is 33.5. The molecular weight excluding hydrogens is 244 g/mol. The third-order valence-corrected chi connectivity index (χ3v) is 4.51. The Labute approximate surface area is 115 Å². The van der Waals surface area contributed by atoms with Gasteiger partial charge in [0.2, 0.25) is 0 Å². The van der Waals surface area contributed by atoms with E-state index in [4.69, 9.17) is 4.74 Å². The lowest BCUT2D eigenvalue weighted by molar-refractivity contribution is -0.159. The van der Waals surface area contributed by atoms with Crippen molar-refractivity contribution in [3.05, 3.63) is 0 Å². The largest absolute Gasteiger partial charge is 0.481 e. The smallest absolute Gasteiger partial charge is 0.313 e. The van der Waals surface area contributed by atoms with E-state index in [1.54, 1.807) is 0 Å². The quantitative estimate of drug-likeness (QED) is 0.822. The summed E-state index contributed by atoms with van der Waals surface area (Å²) in [6.07, 6.45) is 3.96. The number of carbonyl (C=O) groups is 1. The highest BCUT2D eigenvalue weighted by Crippen LogP contribution is 2.31.